The SMILES string of the molecule is COc1cc(C)c(/C(O)=C2\C(=O)C(=O)N(c3ccc(C(C)C)cc3)C2c2ccc(OC)c(O)c2)cc1C. The Balaban J connectivity index is 1.96. The molecule has 0 spiro atoms. The molecule has 7 nitrogen and oxygen atoms in total. The van der Waals surface area contributed by atoms with E-state index in [2.05, 4.69) is 13.8 Å². The summed E-state index contributed by atoms with van der Waals surface area (Å²) in [6.07, 6.45) is 0. The maximum atomic E-state index is 13.5. The van der Waals surface area contributed by atoms with Crippen molar-refractivity contribution < 1.29 is 29.3 Å². The van der Waals surface area contributed by atoms with E-state index in [4.69, 9.17) is 9.47 Å². The third-order valence-electron chi connectivity index (χ3n) is 6.80. The van der Waals surface area contributed by atoms with Crippen molar-refractivity contribution in [3.63, 3.8) is 0 Å². The zero-order chi connectivity index (χ0) is 27.0. The number of amides is 1. The van der Waals surface area contributed by atoms with Gasteiger partial charge in [0.05, 0.1) is 25.8 Å². The number of carbonyl (C=O) groups is 2. The molecule has 1 atom stereocenters. The fourth-order valence-corrected chi connectivity index (χ4v) is 4.72. The topological polar surface area (TPSA) is 96.3 Å². The van der Waals surface area contributed by atoms with Gasteiger partial charge in [-0.1, -0.05) is 32.0 Å². The minimum absolute atomic E-state index is 0.0600. The summed E-state index contributed by atoms with van der Waals surface area (Å²) >= 11 is 0. The molecule has 3 aromatic rings. The molecule has 1 amide bonds. The van der Waals surface area contributed by atoms with Crippen LogP contribution in [0.1, 0.15) is 53.6 Å². The molecule has 7 heteroatoms. The first kappa shape index (κ1) is 25.8. The number of nitrogens with zero attached hydrogens (tertiary/aromatic N) is 1. The Bertz CT molecular complexity index is 1400. The molecule has 1 unspecified atom stereocenters. The van der Waals surface area contributed by atoms with Crippen molar-refractivity contribution in [2.75, 3.05) is 19.1 Å². The highest BCUT2D eigenvalue weighted by Crippen LogP contribution is 2.44. The molecule has 1 heterocycles. The number of aryl methyl sites for hydroxylation is 2. The quantitative estimate of drug-likeness (QED) is 0.253. The number of aliphatic hydroxyl groups is 1. The molecule has 2 N–H and O–H groups in total. The lowest BCUT2D eigenvalue weighted by Gasteiger charge is -2.26. The molecule has 0 saturated carbocycles. The Kier molecular flexibility index (Phi) is 6.99. The van der Waals surface area contributed by atoms with Crippen molar-refractivity contribution in [3.8, 4) is 17.2 Å². The van der Waals surface area contributed by atoms with Crippen molar-refractivity contribution in [2.45, 2.75) is 39.7 Å². The Morgan fingerprint density at radius 3 is 2.11 bits per heavy atom. The Morgan fingerprint density at radius 1 is 0.892 bits per heavy atom. The van der Waals surface area contributed by atoms with Gasteiger partial charge in [0, 0.05) is 11.3 Å². The summed E-state index contributed by atoms with van der Waals surface area (Å²) in [5.74, 6) is -0.804. The third kappa shape index (κ3) is 4.53. The van der Waals surface area contributed by atoms with Crippen LogP contribution in [0, 0.1) is 13.8 Å². The van der Waals surface area contributed by atoms with Gasteiger partial charge in [0.15, 0.2) is 11.5 Å². The number of phenolic OH excluding ortho intramolecular Hbond substituents is 1. The number of methoxy groups -OCH3 is 2. The number of hydrogen-bond donors (Lipinski definition) is 2. The van der Waals surface area contributed by atoms with Gasteiger partial charge in [0.1, 0.15) is 11.5 Å². The number of carbonyl (C=O) groups excluding carboxylic acids is 2. The molecule has 1 fully saturated rings. The lowest BCUT2D eigenvalue weighted by molar-refractivity contribution is -0.132. The number of rotatable bonds is 6. The van der Waals surface area contributed by atoms with Gasteiger partial charge in [-0.05, 0) is 78.4 Å². The van der Waals surface area contributed by atoms with Gasteiger partial charge in [0.2, 0.25) is 0 Å². The number of benzene rings is 3. The normalized spacial score (nSPS) is 16.9. The first-order valence-electron chi connectivity index (χ1n) is 12.0. The summed E-state index contributed by atoms with van der Waals surface area (Å²) in [6, 6.07) is 14.6. The maximum absolute atomic E-state index is 13.5. The van der Waals surface area contributed by atoms with Crippen LogP contribution < -0.4 is 14.4 Å². The van der Waals surface area contributed by atoms with E-state index in [-0.39, 0.29) is 22.8 Å². The van der Waals surface area contributed by atoms with Gasteiger partial charge < -0.3 is 19.7 Å². The summed E-state index contributed by atoms with van der Waals surface area (Å²) in [6.45, 7) is 7.77. The minimum Gasteiger partial charge on any atom is -0.507 e. The Hall–Kier alpha value is -4.26. The van der Waals surface area contributed by atoms with Crippen LogP contribution in [-0.2, 0) is 9.59 Å². The summed E-state index contributed by atoms with van der Waals surface area (Å²) in [5, 5.41) is 22.0. The molecular formula is C30H31NO6. The van der Waals surface area contributed by atoms with Crippen LogP contribution in [0.2, 0.25) is 0 Å². The van der Waals surface area contributed by atoms with Gasteiger partial charge in [-0.15, -0.1) is 0 Å². The van der Waals surface area contributed by atoms with Crippen LogP contribution in [0.5, 0.6) is 17.2 Å². The highest BCUT2D eigenvalue weighted by molar-refractivity contribution is 6.51. The molecule has 4 rings (SSSR count). The minimum atomic E-state index is -0.969. The maximum Gasteiger partial charge on any atom is 0.300 e. The number of aliphatic hydroxyl groups excluding tert-OH is 1. The average Bonchev–Trinajstić information content (AvgIpc) is 3.14. The van der Waals surface area contributed by atoms with Crippen LogP contribution >= 0.6 is 0 Å². The van der Waals surface area contributed by atoms with Crippen LogP contribution in [-0.4, -0.2) is 36.1 Å². The highest BCUT2D eigenvalue weighted by atomic mass is 16.5. The van der Waals surface area contributed by atoms with Crippen LogP contribution in [0.15, 0.2) is 60.2 Å². The van der Waals surface area contributed by atoms with Crippen molar-refractivity contribution >= 4 is 23.1 Å². The molecule has 1 saturated heterocycles. The number of Topliss-reactive ketones (excluding diaryl/α,β-unsaturated/α-hetero) is 1. The van der Waals surface area contributed by atoms with Gasteiger partial charge in [0.25, 0.3) is 11.7 Å². The first-order chi connectivity index (χ1) is 17.6. The number of ether oxygens (including phenoxy) is 2. The monoisotopic (exact) mass is 501 g/mol. The molecule has 37 heavy (non-hydrogen) atoms. The van der Waals surface area contributed by atoms with E-state index in [0.717, 1.165) is 11.1 Å². The van der Waals surface area contributed by atoms with E-state index >= 15 is 0 Å². The van der Waals surface area contributed by atoms with Gasteiger partial charge in [-0.2, -0.15) is 0 Å². The van der Waals surface area contributed by atoms with Crippen molar-refractivity contribution in [3.05, 3.63) is 88.0 Å². The molecule has 0 aliphatic carbocycles. The Morgan fingerprint density at radius 2 is 1.54 bits per heavy atom. The second-order valence-corrected chi connectivity index (χ2v) is 9.48. The van der Waals surface area contributed by atoms with E-state index < -0.39 is 17.7 Å². The van der Waals surface area contributed by atoms with Crippen molar-refractivity contribution in [2.24, 2.45) is 0 Å². The third-order valence-corrected chi connectivity index (χ3v) is 6.80. The first-order valence-corrected chi connectivity index (χ1v) is 12.0. The van der Waals surface area contributed by atoms with E-state index in [1.54, 1.807) is 50.4 Å². The highest BCUT2D eigenvalue weighted by Gasteiger charge is 2.47. The zero-order valence-corrected chi connectivity index (χ0v) is 21.8. The second-order valence-electron chi connectivity index (χ2n) is 9.48. The molecule has 0 aromatic heterocycles. The van der Waals surface area contributed by atoms with Crippen LogP contribution in [0.25, 0.3) is 5.76 Å². The zero-order valence-electron chi connectivity index (χ0n) is 21.8. The number of hydrogen-bond acceptors (Lipinski definition) is 6. The van der Waals surface area contributed by atoms with E-state index in [0.29, 0.717) is 34.0 Å². The fourth-order valence-electron chi connectivity index (χ4n) is 4.72. The second kappa shape index (κ2) is 10.0. The lowest BCUT2D eigenvalue weighted by Crippen LogP contribution is -2.29. The summed E-state index contributed by atoms with van der Waals surface area (Å²) < 4.78 is 10.6. The number of aromatic hydroxyl groups is 1. The summed E-state index contributed by atoms with van der Waals surface area (Å²) in [5.41, 5.74) is 3.87. The predicted octanol–water partition coefficient (Wildman–Crippen LogP) is 5.78. The van der Waals surface area contributed by atoms with Gasteiger partial charge in [-0.3, -0.25) is 14.5 Å². The molecular weight excluding hydrogens is 470 g/mol. The van der Waals surface area contributed by atoms with Gasteiger partial charge in [-0.25, -0.2) is 0 Å². The number of phenols is 1. The number of ketones is 1. The molecule has 1 aliphatic heterocycles. The standard InChI is InChI=1S/C30H31NO6/c1-16(2)19-7-10-21(11-8-19)31-27(20-9-12-24(36-5)23(32)15-20)26(29(34)30(31)35)28(33)22-13-18(4)25(37-6)14-17(22)3/h7-16,27,32-33H,1-6H3/b28-26+. The molecule has 1 aliphatic rings. The largest absolute Gasteiger partial charge is 0.507 e. The van der Waals surface area contributed by atoms with Crippen molar-refractivity contribution in [1.82, 2.24) is 0 Å². The van der Waals surface area contributed by atoms with Crippen molar-refractivity contribution in [1.29, 1.82) is 0 Å². The van der Waals surface area contributed by atoms with Crippen LogP contribution in [0.4, 0.5) is 5.69 Å². The fraction of sp³-hybridized carbons (Fsp3) is 0.267. The number of anilines is 1. The predicted molar refractivity (Wildman–Crippen MR) is 142 cm³/mol. The summed E-state index contributed by atoms with van der Waals surface area (Å²) in [7, 11) is 3.00. The molecule has 0 radical (unpaired) electrons. The van der Waals surface area contributed by atoms with E-state index in [1.165, 1.54) is 18.1 Å². The van der Waals surface area contributed by atoms with Gasteiger partial charge >= 0.3 is 0 Å². The Labute approximate surface area is 216 Å². The lowest BCUT2D eigenvalue weighted by atomic mass is 9.92. The molecule has 0 bridgehead atoms. The molecule has 3 aromatic carbocycles. The van der Waals surface area contributed by atoms with Crippen LogP contribution in [0.3, 0.4) is 0 Å². The smallest absolute Gasteiger partial charge is 0.300 e. The van der Waals surface area contributed by atoms with E-state index in [1.807, 2.05) is 19.1 Å². The average molecular weight is 502 g/mol. The molecule has 192 valence electrons. The van der Waals surface area contributed by atoms with E-state index in [9.17, 15) is 19.8 Å². The summed E-state index contributed by atoms with van der Waals surface area (Å²) in [4.78, 5) is 28.3.